The zero-order valence-electron chi connectivity index (χ0n) is 20.9. The predicted octanol–water partition coefficient (Wildman–Crippen LogP) is 6.52. The Labute approximate surface area is 213 Å². The maximum atomic E-state index is 14.8. The SMILES string of the molecule is COc1cc2nccc(N[C@H](C)c3cccc(C(F)F)c3F)c2cc1C1=CCN(c2cnn(C)c2)CC1. The largest absolute Gasteiger partial charge is 0.496 e. The van der Waals surface area contributed by atoms with Crippen LogP contribution in [0.15, 0.2) is 61.1 Å². The summed E-state index contributed by atoms with van der Waals surface area (Å²) in [5.41, 5.74) is 4.25. The highest BCUT2D eigenvalue weighted by molar-refractivity contribution is 5.95. The molecule has 0 spiro atoms. The molecule has 2 aromatic carbocycles. The molecule has 192 valence electrons. The Morgan fingerprint density at radius 2 is 1.95 bits per heavy atom. The maximum Gasteiger partial charge on any atom is 0.266 e. The van der Waals surface area contributed by atoms with Gasteiger partial charge in [0.25, 0.3) is 6.43 Å². The number of methoxy groups -OCH3 is 1. The van der Waals surface area contributed by atoms with Crippen molar-refractivity contribution in [3.05, 3.63) is 83.6 Å². The second-order valence-corrected chi connectivity index (χ2v) is 9.14. The molecule has 3 heterocycles. The van der Waals surface area contributed by atoms with Crippen LogP contribution < -0.4 is 15.0 Å². The first-order valence-electron chi connectivity index (χ1n) is 12.1. The quantitative estimate of drug-likeness (QED) is 0.309. The third-order valence-electron chi connectivity index (χ3n) is 6.81. The lowest BCUT2D eigenvalue weighted by Gasteiger charge is -2.28. The minimum Gasteiger partial charge on any atom is -0.496 e. The Morgan fingerprint density at radius 1 is 1.14 bits per heavy atom. The van der Waals surface area contributed by atoms with E-state index in [0.717, 1.165) is 59.2 Å². The summed E-state index contributed by atoms with van der Waals surface area (Å²) in [6.45, 7) is 3.34. The number of halogens is 3. The van der Waals surface area contributed by atoms with Crippen molar-refractivity contribution in [2.45, 2.75) is 25.8 Å². The van der Waals surface area contributed by atoms with Gasteiger partial charge in [0.15, 0.2) is 0 Å². The minimum absolute atomic E-state index is 0.182. The molecule has 0 saturated carbocycles. The number of alkyl halides is 2. The van der Waals surface area contributed by atoms with E-state index in [1.807, 2.05) is 37.6 Å². The summed E-state index contributed by atoms with van der Waals surface area (Å²) in [5, 5.41) is 8.41. The van der Waals surface area contributed by atoms with Gasteiger partial charge in [-0.05, 0) is 31.1 Å². The summed E-state index contributed by atoms with van der Waals surface area (Å²) in [4.78, 5) is 6.76. The molecule has 0 unspecified atom stereocenters. The lowest BCUT2D eigenvalue weighted by atomic mass is 9.96. The number of fused-ring (bicyclic) bond motifs is 1. The molecule has 37 heavy (non-hydrogen) atoms. The summed E-state index contributed by atoms with van der Waals surface area (Å²) in [6.07, 6.45) is 5.66. The first kappa shape index (κ1) is 24.7. The number of rotatable bonds is 7. The number of hydrogen-bond acceptors (Lipinski definition) is 5. The molecule has 0 amide bonds. The fraction of sp³-hybridized carbons (Fsp3) is 0.286. The number of aryl methyl sites for hydroxylation is 1. The van der Waals surface area contributed by atoms with Gasteiger partial charge < -0.3 is 15.0 Å². The molecule has 0 radical (unpaired) electrons. The lowest BCUT2D eigenvalue weighted by molar-refractivity contribution is 0.146. The average molecular weight is 508 g/mol. The molecule has 0 aliphatic carbocycles. The summed E-state index contributed by atoms with van der Waals surface area (Å²) in [7, 11) is 3.54. The van der Waals surface area contributed by atoms with Crippen molar-refractivity contribution in [2.75, 3.05) is 30.4 Å². The molecule has 0 fully saturated rings. The topological polar surface area (TPSA) is 55.2 Å². The van der Waals surface area contributed by atoms with Gasteiger partial charge in [0.05, 0.1) is 36.1 Å². The number of ether oxygens (including phenoxy) is 1. The fourth-order valence-electron chi connectivity index (χ4n) is 4.82. The number of benzene rings is 2. The van der Waals surface area contributed by atoms with Gasteiger partial charge in [0, 0.05) is 60.8 Å². The van der Waals surface area contributed by atoms with Crippen molar-refractivity contribution in [3.8, 4) is 5.75 Å². The summed E-state index contributed by atoms with van der Waals surface area (Å²) in [5.74, 6) is -0.161. The number of pyridine rings is 1. The second kappa shape index (κ2) is 10.2. The molecule has 1 aliphatic rings. The predicted molar refractivity (Wildman–Crippen MR) is 140 cm³/mol. The summed E-state index contributed by atoms with van der Waals surface area (Å²) >= 11 is 0. The van der Waals surface area contributed by atoms with Crippen LogP contribution >= 0.6 is 0 Å². The number of nitrogens with zero attached hydrogens (tertiary/aromatic N) is 4. The Kier molecular flexibility index (Phi) is 6.78. The molecule has 0 bridgehead atoms. The van der Waals surface area contributed by atoms with Crippen LogP contribution in [0.4, 0.5) is 24.5 Å². The standard InChI is InChI=1S/C28H28F3N5O/c1-17(20-5-4-6-21(27(20)29)28(30)31)34-24-7-10-32-25-14-26(37-3)22(13-23(24)25)18-8-11-36(12-9-18)19-15-33-35(2)16-19/h4-8,10,13-17,28H,9,11-12H2,1-3H3,(H,32,34)/t17-/m1/s1. The van der Waals surface area contributed by atoms with E-state index < -0.39 is 23.8 Å². The molecule has 0 saturated heterocycles. The van der Waals surface area contributed by atoms with Crippen LogP contribution in [0.1, 0.15) is 42.5 Å². The molecule has 1 atom stereocenters. The van der Waals surface area contributed by atoms with Gasteiger partial charge in [0.1, 0.15) is 11.6 Å². The van der Waals surface area contributed by atoms with Gasteiger partial charge in [-0.15, -0.1) is 0 Å². The van der Waals surface area contributed by atoms with Crippen LogP contribution in [0.3, 0.4) is 0 Å². The van der Waals surface area contributed by atoms with Gasteiger partial charge in [-0.25, -0.2) is 13.2 Å². The summed E-state index contributed by atoms with van der Waals surface area (Å²) < 4.78 is 48.7. The highest BCUT2D eigenvalue weighted by Crippen LogP contribution is 2.37. The van der Waals surface area contributed by atoms with Crippen LogP contribution in [0.25, 0.3) is 16.5 Å². The molecule has 4 aromatic rings. The summed E-state index contributed by atoms with van der Waals surface area (Å²) in [6, 6.07) is 9.29. The van der Waals surface area contributed by atoms with Crippen molar-refractivity contribution in [3.63, 3.8) is 0 Å². The highest BCUT2D eigenvalue weighted by atomic mass is 19.3. The van der Waals surface area contributed by atoms with Crippen molar-refractivity contribution in [1.82, 2.24) is 14.8 Å². The minimum atomic E-state index is -2.87. The van der Waals surface area contributed by atoms with Gasteiger partial charge in [-0.1, -0.05) is 24.3 Å². The van der Waals surface area contributed by atoms with Crippen molar-refractivity contribution >= 4 is 27.9 Å². The Morgan fingerprint density at radius 3 is 2.62 bits per heavy atom. The number of nitrogens with one attached hydrogen (secondary N) is 1. The van der Waals surface area contributed by atoms with Crippen LogP contribution in [-0.4, -0.2) is 35.0 Å². The Hall–Kier alpha value is -4.01. The lowest BCUT2D eigenvalue weighted by Crippen LogP contribution is -2.27. The molecule has 6 nitrogen and oxygen atoms in total. The third kappa shape index (κ3) is 4.85. The monoisotopic (exact) mass is 507 g/mol. The van der Waals surface area contributed by atoms with Crippen molar-refractivity contribution < 1.29 is 17.9 Å². The second-order valence-electron chi connectivity index (χ2n) is 9.14. The first-order valence-corrected chi connectivity index (χ1v) is 12.1. The van der Waals surface area contributed by atoms with E-state index in [9.17, 15) is 13.2 Å². The fourth-order valence-corrected chi connectivity index (χ4v) is 4.82. The third-order valence-corrected chi connectivity index (χ3v) is 6.81. The molecule has 2 aromatic heterocycles. The van der Waals surface area contributed by atoms with E-state index in [4.69, 9.17) is 4.74 Å². The molecular formula is C28H28F3N5O. The van der Waals surface area contributed by atoms with E-state index in [-0.39, 0.29) is 5.56 Å². The number of aromatic nitrogens is 3. The Balaban J connectivity index is 1.47. The smallest absolute Gasteiger partial charge is 0.266 e. The Bertz CT molecular complexity index is 1470. The highest BCUT2D eigenvalue weighted by Gasteiger charge is 2.21. The molecule has 9 heteroatoms. The van der Waals surface area contributed by atoms with Crippen LogP contribution in [0.5, 0.6) is 5.75 Å². The van der Waals surface area contributed by atoms with E-state index in [0.29, 0.717) is 5.52 Å². The number of hydrogen-bond donors (Lipinski definition) is 1. The maximum absolute atomic E-state index is 14.8. The molecule has 5 rings (SSSR count). The van der Waals surface area contributed by atoms with E-state index in [1.54, 1.807) is 24.9 Å². The van der Waals surface area contributed by atoms with Crippen LogP contribution in [-0.2, 0) is 7.05 Å². The van der Waals surface area contributed by atoms with E-state index in [2.05, 4.69) is 26.4 Å². The zero-order chi connectivity index (χ0) is 26.1. The van der Waals surface area contributed by atoms with Crippen molar-refractivity contribution in [2.24, 2.45) is 7.05 Å². The van der Waals surface area contributed by atoms with Crippen LogP contribution in [0.2, 0.25) is 0 Å². The van der Waals surface area contributed by atoms with E-state index >= 15 is 0 Å². The first-order chi connectivity index (χ1) is 17.9. The average Bonchev–Trinajstić information content (AvgIpc) is 3.34. The number of anilines is 2. The normalized spacial score (nSPS) is 14.7. The molecular weight excluding hydrogens is 479 g/mol. The van der Waals surface area contributed by atoms with Crippen LogP contribution in [0, 0.1) is 5.82 Å². The van der Waals surface area contributed by atoms with Gasteiger partial charge in [-0.2, -0.15) is 5.10 Å². The molecule has 1 N–H and O–H groups in total. The zero-order valence-corrected chi connectivity index (χ0v) is 20.9. The van der Waals surface area contributed by atoms with Gasteiger partial charge in [0.2, 0.25) is 0 Å². The van der Waals surface area contributed by atoms with Gasteiger partial charge >= 0.3 is 0 Å². The van der Waals surface area contributed by atoms with Gasteiger partial charge in [-0.3, -0.25) is 9.67 Å². The van der Waals surface area contributed by atoms with Crippen molar-refractivity contribution in [1.29, 1.82) is 0 Å². The van der Waals surface area contributed by atoms with E-state index in [1.165, 1.54) is 12.1 Å². The molecule has 1 aliphatic heterocycles.